The maximum Gasteiger partial charge on any atom is 0.306 e. The van der Waals surface area contributed by atoms with Crippen LogP contribution in [0.3, 0.4) is 0 Å². The van der Waals surface area contributed by atoms with Gasteiger partial charge in [-0.25, -0.2) is 0 Å². The van der Waals surface area contributed by atoms with Gasteiger partial charge in [-0.3, -0.25) is 9.59 Å². The average molecular weight is 697 g/mol. The standard InChI is InChI=1S/C33H60O15/c1-3-4-5-6-7-8-9-10-11-12-13-14-15-16-25(36)46-22(18-43-21(2)35)19-44-32-31(42)29(40)27(38)24(48-32)20-45-33-30(41)28(39)26(37)23(17-34)47-33/h22-24,26-34,37-42H,3-20H2,1-2H3. The van der Waals surface area contributed by atoms with Crippen LogP contribution in [0.2, 0.25) is 0 Å². The summed E-state index contributed by atoms with van der Waals surface area (Å²) in [5.41, 5.74) is 0. The van der Waals surface area contributed by atoms with Gasteiger partial charge in [0.2, 0.25) is 0 Å². The van der Waals surface area contributed by atoms with Crippen LogP contribution in [-0.4, -0.2) is 142 Å². The van der Waals surface area contributed by atoms with E-state index in [9.17, 15) is 45.3 Å². The third-order valence-corrected chi connectivity index (χ3v) is 8.64. The van der Waals surface area contributed by atoms with Crippen molar-refractivity contribution in [3.63, 3.8) is 0 Å². The second kappa shape index (κ2) is 23.8. The molecule has 0 aromatic heterocycles. The summed E-state index contributed by atoms with van der Waals surface area (Å²) < 4.78 is 32.3. The van der Waals surface area contributed by atoms with Gasteiger partial charge < -0.3 is 64.2 Å². The van der Waals surface area contributed by atoms with E-state index in [2.05, 4.69) is 6.92 Å². The van der Waals surface area contributed by atoms with Crippen molar-refractivity contribution in [2.45, 2.75) is 171 Å². The van der Waals surface area contributed by atoms with Crippen LogP contribution in [0, 0.1) is 0 Å². The number of rotatable bonds is 24. The van der Waals surface area contributed by atoms with E-state index in [-0.39, 0.29) is 19.6 Å². The Kier molecular flexibility index (Phi) is 21.2. The van der Waals surface area contributed by atoms with Gasteiger partial charge in [0.15, 0.2) is 18.7 Å². The van der Waals surface area contributed by atoms with E-state index in [0.717, 1.165) is 19.3 Å². The van der Waals surface area contributed by atoms with E-state index in [1.165, 1.54) is 64.7 Å². The smallest absolute Gasteiger partial charge is 0.306 e. The third kappa shape index (κ3) is 15.2. The van der Waals surface area contributed by atoms with Crippen LogP contribution >= 0.6 is 0 Å². The van der Waals surface area contributed by atoms with Gasteiger partial charge in [0, 0.05) is 13.3 Å². The number of hydrogen-bond acceptors (Lipinski definition) is 15. The SMILES string of the molecule is CCCCCCCCCCCCCCCC(=O)OC(COC(C)=O)COC1OC(COC2OC(CO)C(O)C(O)C2O)C(O)C(O)C1O. The van der Waals surface area contributed by atoms with E-state index in [4.69, 9.17) is 28.4 Å². The molecule has 2 aliphatic heterocycles. The summed E-state index contributed by atoms with van der Waals surface area (Å²) in [5, 5.41) is 70.8. The molecule has 7 N–H and O–H groups in total. The highest BCUT2D eigenvalue weighted by molar-refractivity contribution is 5.69. The van der Waals surface area contributed by atoms with Gasteiger partial charge >= 0.3 is 11.9 Å². The molecule has 0 aromatic carbocycles. The first-order chi connectivity index (χ1) is 23.0. The van der Waals surface area contributed by atoms with Gasteiger partial charge in [-0.2, -0.15) is 0 Å². The second-order valence-electron chi connectivity index (χ2n) is 12.8. The molecule has 0 aromatic rings. The highest BCUT2D eigenvalue weighted by Gasteiger charge is 2.47. The van der Waals surface area contributed by atoms with Crippen molar-refractivity contribution in [2.75, 3.05) is 26.4 Å². The lowest BCUT2D eigenvalue weighted by atomic mass is 9.98. The molecule has 0 spiro atoms. The van der Waals surface area contributed by atoms with Crippen molar-refractivity contribution in [1.29, 1.82) is 0 Å². The Balaban J connectivity index is 1.76. The highest BCUT2D eigenvalue weighted by Crippen LogP contribution is 2.26. The molecule has 0 saturated carbocycles. The summed E-state index contributed by atoms with van der Waals surface area (Å²) in [5.74, 6) is -1.12. The zero-order chi connectivity index (χ0) is 35.5. The quantitative estimate of drug-likeness (QED) is 0.0541. The first-order valence-corrected chi connectivity index (χ1v) is 17.6. The highest BCUT2D eigenvalue weighted by atomic mass is 16.7. The first kappa shape index (κ1) is 42.7. The zero-order valence-electron chi connectivity index (χ0n) is 28.5. The molecule has 0 aliphatic carbocycles. The lowest BCUT2D eigenvalue weighted by Gasteiger charge is -2.42. The van der Waals surface area contributed by atoms with Crippen molar-refractivity contribution in [1.82, 2.24) is 0 Å². The molecule has 11 atom stereocenters. The lowest BCUT2D eigenvalue weighted by Crippen LogP contribution is -2.61. The topological polar surface area (TPSA) is 231 Å². The maximum atomic E-state index is 12.5. The molecule has 11 unspecified atom stereocenters. The molecule has 2 rings (SSSR count). The Morgan fingerprint density at radius 2 is 1.10 bits per heavy atom. The molecular weight excluding hydrogens is 636 g/mol. The molecule has 2 heterocycles. The van der Waals surface area contributed by atoms with Gasteiger partial charge in [0.1, 0.15) is 55.4 Å². The minimum absolute atomic E-state index is 0.166. The van der Waals surface area contributed by atoms with E-state index in [1.807, 2.05) is 0 Å². The van der Waals surface area contributed by atoms with Crippen LogP contribution in [0.4, 0.5) is 0 Å². The van der Waals surface area contributed by atoms with Crippen molar-refractivity contribution < 1.29 is 73.8 Å². The molecule has 0 bridgehead atoms. The van der Waals surface area contributed by atoms with Crippen LogP contribution in [-0.2, 0) is 38.0 Å². The summed E-state index contributed by atoms with van der Waals surface area (Å²) in [4.78, 5) is 24.0. The summed E-state index contributed by atoms with van der Waals surface area (Å²) in [6.07, 6.45) is -1.44. The van der Waals surface area contributed by atoms with E-state index >= 15 is 0 Å². The van der Waals surface area contributed by atoms with Crippen LogP contribution in [0.15, 0.2) is 0 Å². The van der Waals surface area contributed by atoms with Gasteiger partial charge in [-0.05, 0) is 6.42 Å². The molecule has 0 amide bonds. The number of esters is 2. The molecule has 15 nitrogen and oxygen atoms in total. The van der Waals surface area contributed by atoms with Crippen molar-refractivity contribution in [2.24, 2.45) is 0 Å². The molecule has 48 heavy (non-hydrogen) atoms. The largest absolute Gasteiger partial charge is 0.462 e. The van der Waals surface area contributed by atoms with E-state index in [0.29, 0.717) is 6.42 Å². The fraction of sp³-hybridized carbons (Fsp3) is 0.939. The average Bonchev–Trinajstić information content (AvgIpc) is 3.06. The molecule has 2 saturated heterocycles. The van der Waals surface area contributed by atoms with Crippen LogP contribution < -0.4 is 0 Å². The van der Waals surface area contributed by atoms with Gasteiger partial charge in [-0.1, -0.05) is 84.0 Å². The maximum absolute atomic E-state index is 12.5. The number of carbonyl (C=O) groups is 2. The van der Waals surface area contributed by atoms with Crippen molar-refractivity contribution >= 4 is 11.9 Å². The number of unbranched alkanes of at least 4 members (excludes halogenated alkanes) is 12. The third-order valence-electron chi connectivity index (χ3n) is 8.64. The lowest BCUT2D eigenvalue weighted by molar-refractivity contribution is -0.332. The molecule has 2 fully saturated rings. The number of carbonyl (C=O) groups excluding carboxylic acids is 2. The van der Waals surface area contributed by atoms with Crippen LogP contribution in [0.1, 0.15) is 104 Å². The van der Waals surface area contributed by atoms with Gasteiger partial charge in [0.05, 0.1) is 19.8 Å². The minimum atomic E-state index is -1.75. The monoisotopic (exact) mass is 696 g/mol. The van der Waals surface area contributed by atoms with Crippen LogP contribution in [0.5, 0.6) is 0 Å². The van der Waals surface area contributed by atoms with Crippen molar-refractivity contribution in [3.05, 3.63) is 0 Å². The van der Waals surface area contributed by atoms with Gasteiger partial charge in [0.25, 0.3) is 0 Å². The molecule has 15 heteroatoms. The van der Waals surface area contributed by atoms with E-state index < -0.39 is 92.7 Å². The Morgan fingerprint density at radius 3 is 1.62 bits per heavy atom. The second-order valence-corrected chi connectivity index (χ2v) is 12.8. The van der Waals surface area contributed by atoms with E-state index in [1.54, 1.807) is 0 Å². The molecule has 282 valence electrons. The predicted molar refractivity (Wildman–Crippen MR) is 169 cm³/mol. The van der Waals surface area contributed by atoms with Crippen molar-refractivity contribution in [3.8, 4) is 0 Å². The Morgan fingerprint density at radius 1 is 0.625 bits per heavy atom. The summed E-state index contributed by atoms with van der Waals surface area (Å²) in [6.45, 7) is 1.50. The number of ether oxygens (including phenoxy) is 6. The molecule has 2 aliphatic rings. The van der Waals surface area contributed by atoms with Gasteiger partial charge in [-0.15, -0.1) is 0 Å². The Labute approximate surface area is 283 Å². The molecule has 0 radical (unpaired) electrons. The fourth-order valence-electron chi connectivity index (χ4n) is 5.65. The number of aliphatic hydroxyl groups is 7. The normalized spacial score (nSPS) is 31.4. The Bertz CT molecular complexity index is 876. The Hall–Kier alpha value is -1.50. The minimum Gasteiger partial charge on any atom is -0.462 e. The zero-order valence-corrected chi connectivity index (χ0v) is 28.5. The first-order valence-electron chi connectivity index (χ1n) is 17.6. The summed E-state index contributed by atoms with van der Waals surface area (Å²) in [7, 11) is 0. The molecular formula is C33H60O15. The summed E-state index contributed by atoms with van der Waals surface area (Å²) >= 11 is 0. The fourth-order valence-corrected chi connectivity index (χ4v) is 5.65. The summed E-state index contributed by atoms with van der Waals surface area (Å²) in [6, 6.07) is 0. The number of aliphatic hydroxyl groups excluding tert-OH is 7. The van der Waals surface area contributed by atoms with Crippen LogP contribution in [0.25, 0.3) is 0 Å². The predicted octanol–water partition coefficient (Wildman–Crippen LogP) is 0.583. The number of hydrogen-bond donors (Lipinski definition) is 7.